The van der Waals surface area contributed by atoms with Crippen molar-refractivity contribution in [3.8, 4) is 11.5 Å². The maximum atomic E-state index is 12.9. The largest absolute Gasteiger partial charge is 0.457 e. The van der Waals surface area contributed by atoms with Crippen LogP contribution in [-0.4, -0.2) is 5.91 Å². The molecule has 0 bridgehead atoms. The molecule has 2 N–H and O–H groups in total. The molecule has 0 saturated heterocycles. The van der Waals surface area contributed by atoms with Crippen LogP contribution in [0.3, 0.4) is 0 Å². The molecule has 4 rings (SSSR count). The van der Waals surface area contributed by atoms with Gasteiger partial charge in [0, 0.05) is 29.3 Å². The quantitative estimate of drug-likeness (QED) is 0.807. The van der Waals surface area contributed by atoms with Gasteiger partial charge in [0.25, 0.3) is 0 Å². The summed E-state index contributed by atoms with van der Waals surface area (Å²) in [4.78, 5) is 15.9. The molecule has 2 heterocycles. The summed E-state index contributed by atoms with van der Waals surface area (Å²) in [5.41, 5.74) is 2.82. The molecule has 1 aromatic heterocycles. The smallest absolute Gasteiger partial charge is 0.232 e. The molecule has 0 unspecified atom stereocenters. The van der Waals surface area contributed by atoms with Gasteiger partial charge in [-0.2, -0.15) is 0 Å². The summed E-state index contributed by atoms with van der Waals surface area (Å²) in [5, 5.41) is 3.04. The maximum absolute atomic E-state index is 12.9. The summed E-state index contributed by atoms with van der Waals surface area (Å²) < 4.78 is 5.94. The van der Waals surface area contributed by atoms with Crippen molar-refractivity contribution in [3.63, 3.8) is 0 Å². The number of pyridine rings is 1. The summed E-state index contributed by atoms with van der Waals surface area (Å²) >= 11 is 0. The number of hydrogen-bond donors (Lipinski definition) is 1. The van der Waals surface area contributed by atoms with Crippen molar-refractivity contribution >= 4 is 5.91 Å². The van der Waals surface area contributed by atoms with Gasteiger partial charge in [0.1, 0.15) is 11.5 Å². The summed E-state index contributed by atoms with van der Waals surface area (Å²) in [7, 11) is 0. The summed E-state index contributed by atoms with van der Waals surface area (Å²) in [6, 6.07) is 19.3. The third-order valence-corrected chi connectivity index (χ3v) is 4.18. The van der Waals surface area contributed by atoms with Gasteiger partial charge in [-0.05, 0) is 18.2 Å². The molecular weight excluding hydrogens is 300 g/mol. The van der Waals surface area contributed by atoms with E-state index in [0.29, 0.717) is 6.54 Å². The average Bonchev–Trinajstić information content (AvgIpc) is 2.65. The van der Waals surface area contributed by atoms with Gasteiger partial charge in [-0.3, -0.25) is 4.79 Å². The molecule has 118 valence electrons. The number of para-hydroxylation sites is 2. The zero-order valence-corrected chi connectivity index (χ0v) is 13.0. The molecule has 1 aliphatic heterocycles. The fourth-order valence-corrected chi connectivity index (χ4v) is 3.02. The Kier molecular flexibility index (Phi) is 3.71. The Morgan fingerprint density at radius 3 is 2.25 bits per heavy atom. The number of ether oxygens (including phenoxy) is 1. The Morgan fingerprint density at radius 1 is 0.958 bits per heavy atom. The monoisotopic (exact) mass is 317 g/mol. The molecule has 0 atom stereocenters. The minimum atomic E-state index is -0.362. The van der Waals surface area contributed by atoms with E-state index in [0.717, 1.165) is 28.2 Å². The van der Waals surface area contributed by atoms with Crippen molar-refractivity contribution in [1.82, 2.24) is 5.32 Å². The van der Waals surface area contributed by atoms with E-state index in [9.17, 15) is 4.79 Å². The van der Waals surface area contributed by atoms with Gasteiger partial charge in [0.15, 0.2) is 12.4 Å². The Hall–Kier alpha value is -3.14. The zero-order valence-electron chi connectivity index (χ0n) is 13.0. The van der Waals surface area contributed by atoms with Crippen molar-refractivity contribution in [2.24, 2.45) is 0 Å². The summed E-state index contributed by atoms with van der Waals surface area (Å²) in [5.74, 6) is 1.09. The standard InChI is InChI=1S/C20H16N2O2/c23-20(22-13-14-6-5-11-21-12-14)19-15-7-1-3-9-17(15)24-18-10-4-2-8-16(18)19/h1-12,19H,13H2,(H,22,23)/p+1. The first-order valence-electron chi connectivity index (χ1n) is 7.91. The molecule has 1 aliphatic rings. The van der Waals surface area contributed by atoms with Crippen LogP contribution in [0.4, 0.5) is 0 Å². The summed E-state index contributed by atoms with van der Waals surface area (Å²) in [6.07, 6.45) is 3.72. The number of amides is 1. The minimum absolute atomic E-state index is 0.0259. The van der Waals surface area contributed by atoms with Crippen LogP contribution in [0.15, 0.2) is 73.1 Å². The van der Waals surface area contributed by atoms with Crippen molar-refractivity contribution < 1.29 is 14.5 Å². The molecule has 0 spiro atoms. The Bertz CT molecular complexity index is 832. The third-order valence-electron chi connectivity index (χ3n) is 4.18. The second-order valence-corrected chi connectivity index (χ2v) is 5.74. The molecule has 4 heteroatoms. The number of carbonyl (C=O) groups is 1. The molecule has 24 heavy (non-hydrogen) atoms. The van der Waals surface area contributed by atoms with E-state index >= 15 is 0 Å². The summed E-state index contributed by atoms with van der Waals surface area (Å²) in [6.45, 7) is 0.484. The van der Waals surface area contributed by atoms with E-state index in [1.807, 2.05) is 73.1 Å². The van der Waals surface area contributed by atoms with E-state index in [4.69, 9.17) is 4.74 Å². The fraction of sp³-hybridized carbons (Fsp3) is 0.100. The Labute approximate surface area is 140 Å². The Morgan fingerprint density at radius 2 is 1.62 bits per heavy atom. The molecule has 0 fully saturated rings. The third kappa shape index (κ3) is 2.63. The number of nitrogens with one attached hydrogen (secondary N) is 2. The first kappa shape index (κ1) is 14.5. The molecule has 0 aliphatic carbocycles. The first-order valence-corrected chi connectivity index (χ1v) is 7.91. The first-order chi connectivity index (χ1) is 11.8. The number of aromatic nitrogens is 1. The second-order valence-electron chi connectivity index (χ2n) is 5.74. The van der Waals surface area contributed by atoms with Crippen LogP contribution in [-0.2, 0) is 11.3 Å². The van der Waals surface area contributed by atoms with Crippen molar-refractivity contribution in [2.45, 2.75) is 12.5 Å². The molecule has 0 radical (unpaired) electrons. The molecule has 0 saturated carbocycles. The topological polar surface area (TPSA) is 52.5 Å². The predicted molar refractivity (Wildman–Crippen MR) is 89.6 cm³/mol. The Balaban J connectivity index is 1.65. The van der Waals surface area contributed by atoms with E-state index in [1.54, 1.807) is 0 Å². The van der Waals surface area contributed by atoms with E-state index in [2.05, 4.69) is 10.3 Å². The lowest BCUT2D eigenvalue weighted by molar-refractivity contribution is -0.378. The highest BCUT2D eigenvalue weighted by atomic mass is 16.5. The number of hydrogen-bond acceptors (Lipinski definition) is 2. The van der Waals surface area contributed by atoms with Gasteiger partial charge < -0.3 is 10.1 Å². The van der Waals surface area contributed by atoms with Crippen LogP contribution in [0.25, 0.3) is 0 Å². The van der Waals surface area contributed by atoms with E-state index in [-0.39, 0.29) is 11.8 Å². The lowest BCUT2D eigenvalue weighted by Gasteiger charge is -2.27. The number of benzene rings is 2. The van der Waals surface area contributed by atoms with Crippen LogP contribution in [0.5, 0.6) is 11.5 Å². The lowest BCUT2D eigenvalue weighted by atomic mass is 9.87. The molecule has 1 amide bonds. The van der Waals surface area contributed by atoms with Crippen molar-refractivity contribution in [2.75, 3.05) is 0 Å². The van der Waals surface area contributed by atoms with Gasteiger partial charge in [-0.25, -0.2) is 4.98 Å². The van der Waals surface area contributed by atoms with Crippen molar-refractivity contribution in [3.05, 3.63) is 89.7 Å². The number of rotatable bonds is 3. The average molecular weight is 317 g/mol. The van der Waals surface area contributed by atoms with Crippen LogP contribution in [0.2, 0.25) is 0 Å². The lowest BCUT2D eigenvalue weighted by Crippen LogP contribution is -2.31. The van der Waals surface area contributed by atoms with Crippen LogP contribution in [0, 0.1) is 0 Å². The SMILES string of the molecule is O=C(NCc1ccc[nH+]c1)C1c2ccccc2Oc2ccccc21. The van der Waals surface area contributed by atoms with E-state index in [1.165, 1.54) is 0 Å². The van der Waals surface area contributed by atoms with Crippen molar-refractivity contribution in [1.29, 1.82) is 0 Å². The van der Waals surface area contributed by atoms with Crippen LogP contribution >= 0.6 is 0 Å². The fourth-order valence-electron chi connectivity index (χ4n) is 3.02. The van der Waals surface area contributed by atoms with Gasteiger partial charge in [-0.15, -0.1) is 0 Å². The van der Waals surface area contributed by atoms with Gasteiger partial charge >= 0.3 is 0 Å². The highest BCUT2D eigenvalue weighted by molar-refractivity contribution is 5.89. The molecule has 2 aromatic carbocycles. The van der Waals surface area contributed by atoms with E-state index < -0.39 is 0 Å². The minimum Gasteiger partial charge on any atom is -0.457 e. The highest BCUT2D eigenvalue weighted by Gasteiger charge is 2.32. The number of aromatic amines is 1. The number of carbonyl (C=O) groups excluding carboxylic acids is 1. The number of fused-ring (bicyclic) bond motifs is 2. The van der Waals surface area contributed by atoms with Gasteiger partial charge in [0.2, 0.25) is 5.91 Å². The molecule has 4 nitrogen and oxygen atoms in total. The molecular formula is C20H17N2O2+. The van der Waals surface area contributed by atoms with Gasteiger partial charge in [0.05, 0.1) is 5.92 Å². The van der Waals surface area contributed by atoms with Crippen LogP contribution in [0.1, 0.15) is 22.6 Å². The van der Waals surface area contributed by atoms with Crippen LogP contribution < -0.4 is 15.0 Å². The van der Waals surface area contributed by atoms with Gasteiger partial charge in [-0.1, -0.05) is 36.4 Å². The second kappa shape index (κ2) is 6.16. The normalized spacial score (nSPS) is 12.7. The highest BCUT2D eigenvalue weighted by Crippen LogP contribution is 2.43. The predicted octanol–water partition coefficient (Wildman–Crippen LogP) is 3.05. The maximum Gasteiger partial charge on any atom is 0.232 e. The number of H-pyrrole nitrogens is 1. The zero-order chi connectivity index (χ0) is 16.4. The molecule has 3 aromatic rings.